The van der Waals surface area contributed by atoms with Crippen LogP contribution in [0, 0.1) is 5.41 Å². The van der Waals surface area contributed by atoms with Crippen molar-refractivity contribution in [3.8, 4) is 22.6 Å². The highest BCUT2D eigenvalue weighted by Gasteiger charge is 2.19. The Labute approximate surface area is 144 Å². The van der Waals surface area contributed by atoms with Crippen molar-refractivity contribution in [3.05, 3.63) is 58.4 Å². The molecule has 6 heteroatoms. The lowest BCUT2D eigenvalue weighted by Gasteiger charge is -2.15. The maximum absolute atomic E-state index is 8.69. The molecule has 0 unspecified atom stereocenters. The van der Waals surface area contributed by atoms with Gasteiger partial charge in [0.15, 0.2) is 0 Å². The van der Waals surface area contributed by atoms with Crippen molar-refractivity contribution in [1.29, 1.82) is 5.41 Å². The quantitative estimate of drug-likeness (QED) is 0.692. The molecule has 0 saturated carbocycles. The molecule has 0 aliphatic rings. The normalized spacial score (nSPS) is 10.4. The second-order valence-corrected chi connectivity index (χ2v) is 5.85. The van der Waals surface area contributed by atoms with Crippen LogP contribution in [-0.2, 0) is 0 Å². The SMILES string of the molecule is COc1ccc(C(=N)c2c(-c3ccsc3)ccnc2N)c(OC)c1. The Kier molecular flexibility index (Phi) is 4.48. The monoisotopic (exact) mass is 339 g/mol. The van der Waals surface area contributed by atoms with Crippen LogP contribution in [0.15, 0.2) is 47.3 Å². The number of thiophene rings is 1. The predicted molar refractivity (Wildman–Crippen MR) is 97.4 cm³/mol. The third-order valence-electron chi connectivity index (χ3n) is 3.74. The van der Waals surface area contributed by atoms with E-state index in [0.717, 1.165) is 11.1 Å². The molecule has 5 nitrogen and oxygen atoms in total. The third kappa shape index (κ3) is 2.83. The third-order valence-corrected chi connectivity index (χ3v) is 4.42. The van der Waals surface area contributed by atoms with Gasteiger partial charge >= 0.3 is 0 Å². The molecular weight excluding hydrogens is 322 g/mol. The van der Waals surface area contributed by atoms with E-state index >= 15 is 0 Å². The molecule has 3 rings (SSSR count). The molecule has 0 radical (unpaired) electrons. The number of anilines is 1. The molecule has 24 heavy (non-hydrogen) atoms. The molecule has 0 amide bonds. The zero-order valence-corrected chi connectivity index (χ0v) is 14.2. The molecule has 122 valence electrons. The summed E-state index contributed by atoms with van der Waals surface area (Å²) >= 11 is 1.60. The molecule has 0 spiro atoms. The van der Waals surface area contributed by atoms with Crippen molar-refractivity contribution in [2.45, 2.75) is 0 Å². The summed E-state index contributed by atoms with van der Waals surface area (Å²) in [5, 5.41) is 12.7. The number of benzene rings is 1. The molecule has 2 heterocycles. The summed E-state index contributed by atoms with van der Waals surface area (Å²) in [7, 11) is 3.16. The number of hydrogen-bond acceptors (Lipinski definition) is 6. The van der Waals surface area contributed by atoms with E-state index in [9.17, 15) is 0 Å². The highest BCUT2D eigenvalue weighted by atomic mass is 32.1. The van der Waals surface area contributed by atoms with Gasteiger partial charge in [-0.25, -0.2) is 4.98 Å². The van der Waals surface area contributed by atoms with Gasteiger partial charge in [0.25, 0.3) is 0 Å². The summed E-state index contributed by atoms with van der Waals surface area (Å²) in [4.78, 5) is 4.16. The molecule has 3 aromatic rings. The van der Waals surface area contributed by atoms with Crippen molar-refractivity contribution in [2.24, 2.45) is 0 Å². The maximum atomic E-state index is 8.69. The molecule has 1 aromatic carbocycles. The van der Waals surface area contributed by atoms with Crippen LogP contribution in [0.3, 0.4) is 0 Å². The highest BCUT2D eigenvalue weighted by Crippen LogP contribution is 2.33. The van der Waals surface area contributed by atoms with Crippen molar-refractivity contribution < 1.29 is 9.47 Å². The van der Waals surface area contributed by atoms with Crippen LogP contribution < -0.4 is 15.2 Å². The fourth-order valence-corrected chi connectivity index (χ4v) is 3.19. The van der Waals surface area contributed by atoms with Crippen LogP contribution in [0.25, 0.3) is 11.1 Å². The Bertz CT molecular complexity index is 876. The van der Waals surface area contributed by atoms with E-state index in [1.54, 1.807) is 50.0 Å². The van der Waals surface area contributed by atoms with Crippen LogP contribution in [0.1, 0.15) is 11.1 Å². The minimum Gasteiger partial charge on any atom is -0.497 e. The van der Waals surface area contributed by atoms with E-state index in [0.29, 0.717) is 28.4 Å². The number of nitrogens with one attached hydrogen (secondary N) is 1. The summed E-state index contributed by atoms with van der Waals surface area (Å²) < 4.78 is 10.6. The van der Waals surface area contributed by atoms with E-state index in [-0.39, 0.29) is 5.71 Å². The molecule has 0 bridgehead atoms. The van der Waals surface area contributed by atoms with E-state index in [2.05, 4.69) is 4.98 Å². The lowest BCUT2D eigenvalue weighted by molar-refractivity contribution is 0.394. The second kappa shape index (κ2) is 6.72. The van der Waals surface area contributed by atoms with Crippen molar-refractivity contribution in [2.75, 3.05) is 20.0 Å². The minimum absolute atomic E-state index is 0.265. The van der Waals surface area contributed by atoms with Crippen LogP contribution in [0.2, 0.25) is 0 Å². The highest BCUT2D eigenvalue weighted by molar-refractivity contribution is 7.08. The molecule has 2 aromatic heterocycles. The van der Waals surface area contributed by atoms with Gasteiger partial charge in [0, 0.05) is 17.8 Å². The number of nitrogen functional groups attached to an aromatic ring is 1. The van der Waals surface area contributed by atoms with Gasteiger partial charge in [-0.1, -0.05) is 0 Å². The van der Waals surface area contributed by atoms with Gasteiger partial charge in [-0.3, -0.25) is 5.41 Å². The number of hydrogen-bond donors (Lipinski definition) is 2. The Morgan fingerprint density at radius 1 is 1.17 bits per heavy atom. The molecule has 3 N–H and O–H groups in total. The van der Waals surface area contributed by atoms with Crippen LogP contribution >= 0.6 is 11.3 Å². The number of pyridine rings is 1. The lowest BCUT2D eigenvalue weighted by Crippen LogP contribution is -2.10. The fourth-order valence-electron chi connectivity index (χ4n) is 2.54. The lowest BCUT2D eigenvalue weighted by atomic mass is 9.95. The molecule has 0 atom stereocenters. The smallest absolute Gasteiger partial charge is 0.133 e. The van der Waals surface area contributed by atoms with E-state index < -0.39 is 0 Å². The minimum atomic E-state index is 0.265. The summed E-state index contributed by atoms with van der Waals surface area (Å²) in [6, 6.07) is 9.22. The Hall–Kier alpha value is -2.86. The topological polar surface area (TPSA) is 81.2 Å². The average molecular weight is 339 g/mol. The van der Waals surface area contributed by atoms with Gasteiger partial charge in [-0.15, -0.1) is 0 Å². The summed E-state index contributed by atoms with van der Waals surface area (Å²) in [6.07, 6.45) is 1.66. The number of nitrogens with zero attached hydrogens (tertiary/aromatic N) is 1. The average Bonchev–Trinajstić information content (AvgIpc) is 3.14. The first kappa shape index (κ1) is 16.0. The first-order chi connectivity index (χ1) is 11.7. The molecule has 0 fully saturated rings. The second-order valence-electron chi connectivity index (χ2n) is 5.07. The van der Waals surface area contributed by atoms with Crippen molar-refractivity contribution in [1.82, 2.24) is 4.98 Å². The number of rotatable bonds is 5. The standard InChI is InChI=1S/C18H17N3O2S/c1-22-12-3-4-14(15(9-12)23-2)17(19)16-13(5-7-21-18(16)20)11-6-8-24-10-11/h3-10,19H,1-2H3,(H2,20,21). The summed E-state index contributed by atoms with van der Waals surface area (Å²) in [5.74, 6) is 1.54. The van der Waals surface area contributed by atoms with Crippen molar-refractivity contribution in [3.63, 3.8) is 0 Å². The zero-order chi connectivity index (χ0) is 17.1. The Morgan fingerprint density at radius 3 is 2.67 bits per heavy atom. The number of nitrogens with two attached hydrogens (primary N) is 1. The number of methoxy groups -OCH3 is 2. The number of ether oxygens (including phenoxy) is 2. The van der Waals surface area contributed by atoms with Crippen LogP contribution in [0.5, 0.6) is 11.5 Å². The molecule has 0 aliphatic heterocycles. The van der Waals surface area contributed by atoms with Gasteiger partial charge in [0.2, 0.25) is 0 Å². The van der Waals surface area contributed by atoms with E-state index in [1.165, 1.54) is 0 Å². The zero-order valence-electron chi connectivity index (χ0n) is 13.4. The van der Waals surface area contributed by atoms with E-state index in [1.807, 2.05) is 22.9 Å². The maximum Gasteiger partial charge on any atom is 0.133 e. The van der Waals surface area contributed by atoms with Crippen molar-refractivity contribution >= 4 is 22.9 Å². The first-order valence-corrected chi connectivity index (χ1v) is 8.18. The van der Waals surface area contributed by atoms with Gasteiger partial charge in [-0.05, 0) is 46.2 Å². The van der Waals surface area contributed by atoms with Gasteiger partial charge < -0.3 is 15.2 Å². The Balaban J connectivity index is 2.15. The van der Waals surface area contributed by atoms with Gasteiger partial charge in [-0.2, -0.15) is 11.3 Å². The molecule has 0 aliphatic carbocycles. The fraction of sp³-hybridized carbons (Fsp3) is 0.111. The number of aromatic nitrogens is 1. The van der Waals surface area contributed by atoms with Gasteiger partial charge in [0.1, 0.15) is 17.3 Å². The van der Waals surface area contributed by atoms with Crippen LogP contribution in [-0.4, -0.2) is 24.9 Å². The summed E-state index contributed by atoms with van der Waals surface area (Å²) in [6.45, 7) is 0. The van der Waals surface area contributed by atoms with Gasteiger partial charge in [0.05, 0.1) is 25.5 Å². The summed E-state index contributed by atoms with van der Waals surface area (Å²) in [5.41, 5.74) is 9.49. The largest absolute Gasteiger partial charge is 0.497 e. The van der Waals surface area contributed by atoms with E-state index in [4.69, 9.17) is 20.6 Å². The predicted octanol–water partition coefficient (Wildman–Crippen LogP) is 3.83. The Morgan fingerprint density at radius 2 is 2.00 bits per heavy atom. The molecule has 0 saturated heterocycles. The first-order valence-electron chi connectivity index (χ1n) is 7.24. The van der Waals surface area contributed by atoms with Crippen LogP contribution in [0.4, 0.5) is 5.82 Å². The molecular formula is C18H17N3O2S.